The Morgan fingerprint density at radius 1 is 0.981 bits per heavy atom. The van der Waals surface area contributed by atoms with E-state index in [1.54, 1.807) is 6.92 Å². The van der Waals surface area contributed by atoms with Gasteiger partial charge in [-0.05, 0) is 13.8 Å². The van der Waals surface area contributed by atoms with Crippen LogP contribution in [0.4, 0.5) is 0 Å². The maximum atomic E-state index is 14.9. The Labute approximate surface area is 317 Å². The van der Waals surface area contributed by atoms with Crippen molar-refractivity contribution in [2.45, 2.75) is 88.8 Å². The van der Waals surface area contributed by atoms with Gasteiger partial charge in [0.25, 0.3) is 11.1 Å². The van der Waals surface area contributed by atoms with Crippen LogP contribution in [-0.2, 0) is 51.4 Å². The van der Waals surface area contributed by atoms with Gasteiger partial charge in [-0.2, -0.15) is 0 Å². The Bertz CT molecular complexity index is 2000. The van der Waals surface area contributed by atoms with Gasteiger partial charge in [0.15, 0.2) is 12.3 Å². The Morgan fingerprint density at radius 3 is 2.22 bits per heavy atom. The number of terminal acetylenes is 1. The van der Waals surface area contributed by atoms with Crippen molar-refractivity contribution in [3.8, 4) is 12.3 Å². The zero-order valence-electron chi connectivity index (χ0n) is 30.4. The lowest BCUT2D eigenvalue weighted by atomic mass is 10.0. The lowest BCUT2D eigenvalue weighted by molar-refractivity contribution is -0.158. The normalized spacial score (nSPS) is 31.0. The van der Waals surface area contributed by atoms with E-state index in [1.165, 1.54) is 41.8 Å². The number of Topliss-reactive ketones (excluding diaryl/α,β-unsaturated/α-hetero) is 1. The molecule has 296 valence electrons. The van der Waals surface area contributed by atoms with Crippen LogP contribution < -0.4 is 22.5 Å². The van der Waals surface area contributed by atoms with Crippen LogP contribution in [0.1, 0.15) is 47.4 Å². The average Bonchev–Trinajstić information content (AvgIpc) is 3.64. The number of esters is 1. The van der Waals surface area contributed by atoms with Crippen LogP contribution in [0.2, 0.25) is 0 Å². The third-order valence-corrected chi connectivity index (χ3v) is 12.6. The van der Waals surface area contributed by atoms with Crippen LogP contribution in [0.5, 0.6) is 0 Å². The highest BCUT2D eigenvalue weighted by Crippen LogP contribution is 2.57. The molecule has 3 aliphatic rings. The van der Waals surface area contributed by atoms with Crippen LogP contribution in [0, 0.1) is 18.3 Å². The van der Waals surface area contributed by atoms with Crippen LogP contribution >= 0.6 is 29.4 Å². The molecule has 5 heterocycles. The summed E-state index contributed by atoms with van der Waals surface area (Å²) in [6.07, 6.45) is -2.51. The third-order valence-electron chi connectivity index (χ3n) is 8.66. The van der Waals surface area contributed by atoms with Crippen molar-refractivity contribution < 1.29 is 52.8 Å². The molecule has 3 fully saturated rings. The minimum absolute atomic E-state index is 0.0672. The molecule has 2 aromatic heterocycles. The molecule has 3 aliphatic heterocycles. The number of hydrogen-bond acceptors (Lipinski definition) is 17. The smallest absolute Gasteiger partial charge is 0.456 e. The number of ketones is 1. The van der Waals surface area contributed by atoms with Gasteiger partial charge in [-0.3, -0.25) is 47.1 Å². The molecule has 2 aromatic rings. The summed E-state index contributed by atoms with van der Waals surface area (Å²) >= 11 is 0. The summed E-state index contributed by atoms with van der Waals surface area (Å²) in [5.74, 6) is 1.23. The number of phosphoric ester groups is 1. The first kappa shape index (κ1) is 40.4. The number of nitrogens with one attached hydrogen (secondary N) is 2. The summed E-state index contributed by atoms with van der Waals surface area (Å²) in [5.41, 5.74) is -2.95. The Hall–Kier alpha value is -3.29. The molecule has 0 bridgehead atoms. The number of hydrogen-bond donors (Lipinski definition) is 2. The fourth-order valence-corrected chi connectivity index (χ4v) is 10.2. The van der Waals surface area contributed by atoms with E-state index in [2.05, 4.69) is 15.9 Å². The fraction of sp³-hybridized carbons (Fsp3) is 0.625. The van der Waals surface area contributed by atoms with Crippen molar-refractivity contribution in [1.29, 1.82) is 0 Å². The van der Waals surface area contributed by atoms with Gasteiger partial charge in [-0.1, -0.05) is 34.4 Å². The number of ether oxygens (including phenoxy) is 5. The molecule has 11 atom stereocenters. The van der Waals surface area contributed by atoms with Gasteiger partial charge in [-0.15, -0.1) is 6.42 Å². The predicted octanol–water partition coefficient (Wildman–Crippen LogP) is 1.14. The second-order valence-electron chi connectivity index (χ2n) is 12.5. The summed E-state index contributed by atoms with van der Waals surface area (Å²) in [5, 5.41) is 0. The van der Waals surface area contributed by atoms with Gasteiger partial charge in [0.2, 0.25) is 0 Å². The van der Waals surface area contributed by atoms with Gasteiger partial charge in [-0.25, -0.2) is 14.2 Å². The SMILES string of the molecule is [2H]C[C@H]1O[C@@H](n2ccc(=O)[nH]c2=O)[C@@H](C)C1OP(=O)(OC[C@H]1O[C@@H](n2ccc(=O)[nH]c2=O)[C@@H](OC)C1OC(=O)CCC(C)=O)OC1CSSC[C@H]1OCC#C. The zero-order chi connectivity index (χ0) is 39.9. The monoisotopic (exact) mass is 817 g/mol. The van der Waals surface area contributed by atoms with Crippen molar-refractivity contribution >= 4 is 41.2 Å². The maximum Gasteiger partial charge on any atom is 0.475 e. The topological polar surface area (TPSA) is 235 Å². The first-order valence-electron chi connectivity index (χ1n) is 17.3. The lowest BCUT2D eigenvalue weighted by Crippen LogP contribution is -2.41. The number of methoxy groups -OCH3 is 1. The molecule has 0 aliphatic carbocycles. The summed E-state index contributed by atoms with van der Waals surface area (Å²) < 4.78 is 72.8. The molecule has 0 saturated carbocycles. The Kier molecular flexibility index (Phi) is 13.9. The molecule has 5 rings (SSSR count). The molecular formula is C32H41N4O15PS2. The number of rotatable bonds is 16. The number of phosphoric acid groups is 1. The molecule has 0 aromatic carbocycles. The highest BCUT2D eigenvalue weighted by molar-refractivity contribution is 8.76. The van der Waals surface area contributed by atoms with E-state index >= 15 is 0 Å². The minimum atomic E-state index is -4.79. The standard InChI is InChI=1S/C32H41N4O15PS2/c1-6-13-45-21-15-53-54-16-22(21)50-52(43,51-26-18(3)29(47-19(26)4)35-11-9-23(38)33-31(35)41)46-14-20-27(49-25(40)8-7-17(2)37)28(44-5)30(48-20)36-12-10-24(39)34-32(36)42/h1,9-12,18-22,26-30H,7-8,13-16H2,2-5H3,(H,33,38,41)(H,34,39,42)/t18-,19+,20+,21+,22?,26?,27?,28-,29+,30+,52?/m0/s1/i4D. The van der Waals surface area contributed by atoms with Crippen LogP contribution in [0.3, 0.4) is 0 Å². The molecule has 0 spiro atoms. The van der Waals surface area contributed by atoms with Crippen molar-refractivity contribution in [3.63, 3.8) is 0 Å². The molecule has 0 amide bonds. The summed E-state index contributed by atoms with van der Waals surface area (Å²) in [7, 11) is -0.617. The first-order valence-corrected chi connectivity index (χ1v) is 20.6. The number of carbonyl (C=O) groups excluding carboxylic acids is 2. The number of aromatic nitrogens is 4. The molecule has 54 heavy (non-hydrogen) atoms. The summed E-state index contributed by atoms with van der Waals surface area (Å²) in [4.78, 5) is 77.8. The van der Waals surface area contributed by atoms with Crippen molar-refractivity contribution in [2.75, 3.05) is 31.8 Å². The van der Waals surface area contributed by atoms with E-state index in [-0.39, 0.29) is 31.0 Å². The number of nitrogens with zero attached hydrogens (tertiary/aromatic N) is 2. The van der Waals surface area contributed by atoms with E-state index in [9.17, 15) is 33.3 Å². The largest absolute Gasteiger partial charge is 0.475 e. The second-order valence-corrected chi connectivity index (χ2v) is 16.6. The number of carbonyl (C=O) groups is 2. The third kappa shape index (κ3) is 10.1. The quantitative estimate of drug-likeness (QED) is 0.105. The van der Waals surface area contributed by atoms with Crippen LogP contribution in [0.15, 0.2) is 43.7 Å². The van der Waals surface area contributed by atoms with Crippen LogP contribution in [0.25, 0.3) is 0 Å². The zero-order valence-corrected chi connectivity index (χ0v) is 31.9. The summed E-state index contributed by atoms with van der Waals surface area (Å²) in [6.45, 7) is 1.82. The van der Waals surface area contributed by atoms with E-state index < -0.39 is 111 Å². The van der Waals surface area contributed by atoms with Gasteiger partial charge in [0.1, 0.15) is 43.0 Å². The lowest BCUT2D eigenvalue weighted by Gasteiger charge is -2.34. The number of H-pyrrole nitrogens is 2. The van der Waals surface area contributed by atoms with E-state index in [0.29, 0.717) is 5.75 Å². The van der Waals surface area contributed by atoms with Crippen LogP contribution in [-0.4, -0.2) is 105 Å². The van der Waals surface area contributed by atoms with Crippen molar-refractivity contribution in [3.05, 3.63) is 66.2 Å². The average molecular weight is 818 g/mol. The Morgan fingerprint density at radius 2 is 1.63 bits per heavy atom. The van der Waals surface area contributed by atoms with Gasteiger partial charge >= 0.3 is 25.2 Å². The highest BCUT2D eigenvalue weighted by Gasteiger charge is 2.52. The molecular weight excluding hydrogens is 775 g/mol. The van der Waals surface area contributed by atoms with E-state index in [0.717, 1.165) is 27.5 Å². The fourth-order valence-electron chi connectivity index (χ4n) is 5.99. The molecule has 19 nitrogen and oxygen atoms in total. The molecule has 2 N–H and O–H groups in total. The Balaban J connectivity index is 1.47. The van der Waals surface area contributed by atoms with E-state index in [1.807, 2.05) is 0 Å². The van der Waals surface area contributed by atoms with Gasteiger partial charge < -0.3 is 28.5 Å². The van der Waals surface area contributed by atoms with Gasteiger partial charge in [0, 0.05) is 56.9 Å². The molecule has 3 saturated heterocycles. The van der Waals surface area contributed by atoms with E-state index in [4.69, 9.17) is 45.0 Å². The maximum absolute atomic E-state index is 14.9. The first-order chi connectivity index (χ1) is 26.3. The molecule has 4 unspecified atom stereocenters. The van der Waals surface area contributed by atoms with Gasteiger partial charge in [0.05, 0.1) is 25.2 Å². The second kappa shape index (κ2) is 18.6. The highest BCUT2D eigenvalue weighted by atomic mass is 33.1. The number of aromatic amines is 2. The molecule has 22 heteroatoms. The van der Waals surface area contributed by atoms with Crippen molar-refractivity contribution in [2.24, 2.45) is 5.92 Å². The summed E-state index contributed by atoms with van der Waals surface area (Å²) in [6, 6.07) is 2.20. The van der Waals surface area contributed by atoms with Crippen molar-refractivity contribution in [1.82, 2.24) is 19.1 Å². The minimum Gasteiger partial charge on any atom is -0.456 e. The molecule has 0 radical (unpaired) electrons. The predicted molar refractivity (Wildman–Crippen MR) is 193 cm³/mol.